The van der Waals surface area contributed by atoms with Crippen LogP contribution in [0.15, 0.2) is 0 Å². The number of amides is 2. The summed E-state index contributed by atoms with van der Waals surface area (Å²) in [6, 6.07) is -0.306. The van der Waals surface area contributed by atoms with E-state index in [1.54, 1.807) is 0 Å². The van der Waals surface area contributed by atoms with Crippen molar-refractivity contribution in [1.82, 2.24) is 10.6 Å². The number of carbonyl (C=O) groups is 2. The van der Waals surface area contributed by atoms with Crippen LogP contribution in [0.2, 0.25) is 0 Å². The van der Waals surface area contributed by atoms with Gasteiger partial charge >= 0.3 is 0 Å². The van der Waals surface area contributed by atoms with Gasteiger partial charge in [0, 0.05) is 19.0 Å². The van der Waals surface area contributed by atoms with Crippen molar-refractivity contribution in [2.24, 2.45) is 11.7 Å². The van der Waals surface area contributed by atoms with Crippen molar-refractivity contribution in [2.75, 3.05) is 6.54 Å². The summed E-state index contributed by atoms with van der Waals surface area (Å²) in [6.07, 6.45) is 1.85. The van der Waals surface area contributed by atoms with E-state index in [1.807, 2.05) is 27.7 Å². The summed E-state index contributed by atoms with van der Waals surface area (Å²) >= 11 is 0. The SMILES string of the molecule is CCC(C)NC(=O)CCNC(=O)C(N)CC(C)C. The summed E-state index contributed by atoms with van der Waals surface area (Å²) in [5.41, 5.74) is 5.72. The maximum Gasteiger partial charge on any atom is 0.236 e. The van der Waals surface area contributed by atoms with Crippen LogP contribution in [0.25, 0.3) is 0 Å². The summed E-state index contributed by atoms with van der Waals surface area (Å²) in [4.78, 5) is 23.0. The van der Waals surface area contributed by atoms with Crippen molar-refractivity contribution >= 4 is 11.8 Å². The average Bonchev–Trinajstić information content (AvgIpc) is 2.27. The molecule has 5 nitrogen and oxygen atoms in total. The summed E-state index contributed by atoms with van der Waals surface area (Å²) < 4.78 is 0. The van der Waals surface area contributed by atoms with Gasteiger partial charge in [-0.25, -0.2) is 0 Å². The van der Waals surface area contributed by atoms with Gasteiger partial charge in [0.15, 0.2) is 0 Å². The zero-order chi connectivity index (χ0) is 14.1. The molecule has 0 aliphatic rings. The van der Waals surface area contributed by atoms with Crippen LogP contribution in [0.3, 0.4) is 0 Å². The van der Waals surface area contributed by atoms with Crippen LogP contribution in [0, 0.1) is 5.92 Å². The predicted octanol–water partition coefficient (Wildman–Crippen LogP) is 0.781. The van der Waals surface area contributed by atoms with Crippen LogP contribution < -0.4 is 16.4 Å². The Morgan fingerprint density at radius 1 is 1.22 bits per heavy atom. The van der Waals surface area contributed by atoms with E-state index in [0.717, 1.165) is 6.42 Å². The second-order valence-electron chi connectivity index (χ2n) is 5.15. The summed E-state index contributed by atoms with van der Waals surface area (Å²) in [7, 11) is 0. The van der Waals surface area contributed by atoms with E-state index < -0.39 is 6.04 Å². The Balaban J connectivity index is 3.77. The zero-order valence-corrected chi connectivity index (χ0v) is 12.0. The fourth-order valence-electron chi connectivity index (χ4n) is 1.49. The molecule has 4 N–H and O–H groups in total. The Labute approximate surface area is 110 Å². The molecule has 2 amide bonds. The second-order valence-corrected chi connectivity index (χ2v) is 5.15. The van der Waals surface area contributed by atoms with Gasteiger partial charge in [-0.1, -0.05) is 20.8 Å². The van der Waals surface area contributed by atoms with E-state index in [4.69, 9.17) is 5.73 Å². The maximum absolute atomic E-state index is 11.6. The standard InChI is InChI=1S/C13H27N3O2/c1-5-10(4)16-12(17)6-7-15-13(18)11(14)8-9(2)3/h9-11H,5-8,14H2,1-4H3,(H,15,18)(H,16,17). The predicted molar refractivity (Wildman–Crippen MR) is 73.0 cm³/mol. The molecule has 0 aromatic heterocycles. The van der Waals surface area contributed by atoms with Crippen molar-refractivity contribution in [2.45, 2.75) is 59.0 Å². The molecule has 0 saturated heterocycles. The van der Waals surface area contributed by atoms with E-state index in [2.05, 4.69) is 10.6 Å². The first-order valence-electron chi connectivity index (χ1n) is 6.69. The number of hydrogen-bond donors (Lipinski definition) is 3. The van der Waals surface area contributed by atoms with Crippen LogP contribution in [0.4, 0.5) is 0 Å². The minimum atomic E-state index is -0.484. The van der Waals surface area contributed by atoms with Gasteiger partial charge in [-0.05, 0) is 25.7 Å². The third-order valence-electron chi connectivity index (χ3n) is 2.73. The molecule has 0 rings (SSSR count). The molecule has 0 saturated carbocycles. The summed E-state index contributed by atoms with van der Waals surface area (Å²) in [5, 5.41) is 5.53. The van der Waals surface area contributed by atoms with Gasteiger partial charge in [0.25, 0.3) is 0 Å². The summed E-state index contributed by atoms with van der Waals surface area (Å²) in [5.74, 6) is 0.168. The number of nitrogens with two attached hydrogens (primary N) is 1. The first-order valence-corrected chi connectivity index (χ1v) is 6.69. The molecule has 5 heteroatoms. The molecule has 106 valence electrons. The van der Waals surface area contributed by atoms with Crippen LogP contribution in [0.1, 0.15) is 47.0 Å². The molecule has 18 heavy (non-hydrogen) atoms. The number of rotatable bonds is 8. The van der Waals surface area contributed by atoms with E-state index in [1.165, 1.54) is 0 Å². The van der Waals surface area contributed by atoms with E-state index >= 15 is 0 Å². The van der Waals surface area contributed by atoms with Crippen molar-refractivity contribution in [3.8, 4) is 0 Å². The van der Waals surface area contributed by atoms with Gasteiger partial charge in [-0.2, -0.15) is 0 Å². The first kappa shape index (κ1) is 16.9. The lowest BCUT2D eigenvalue weighted by atomic mass is 10.0. The Kier molecular flexibility index (Phi) is 8.37. The van der Waals surface area contributed by atoms with E-state index in [0.29, 0.717) is 25.3 Å². The van der Waals surface area contributed by atoms with Gasteiger partial charge in [0.2, 0.25) is 11.8 Å². The molecule has 0 spiro atoms. The molecule has 0 heterocycles. The number of carbonyl (C=O) groups excluding carboxylic acids is 2. The van der Waals surface area contributed by atoms with Gasteiger partial charge in [-0.3, -0.25) is 9.59 Å². The fraction of sp³-hybridized carbons (Fsp3) is 0.846. The normalized spacial score (nSPS) is 14.1. The van der Waals surface area contributed by atoms with Crippen molar-refractivity contribution in [3.05, 3.63) is 0 Å². The molecule has 0 fully saturated rings. The Bertz CT molecular complexity index is 267. The molecule has 0 aromatic rings. The van der Waals surface area contributed by atoms with Gasteiger partial charge in [0.1, 0.15) is 0 Å². The van der Waals surface area contributed by atoms with Crippen LogP contribution in [-0.2, 0) is 9.59 Å². The molecule has 0 aromatic carbocycles. The molecule has 0 radical (unpaired) electrons. The van der Waals surface area contributed by atoms with Crippen molar-refractivity contribution < 1.29 is 9.59 Å². The van der Waals surface area contributed by atoms with E-state index in [9.17, 15) is 9.59 Å². The Morgan fingerprint density at radius 2 is 1.83 bits per heavy atom. The summed E-state index contributed by atoms with van der Waals surface area (Å²) in [6.45, 7) is 8.35. The Morgan fingerprint density at radius 3 is 2.33 bits per heavy atom. The molecular formula is C13H27N3O2. The van der Waals surface area contributed by atoms with Gasteiger partial charge in [0.05, 0.1) is 6.04 Å². The zero-order valence-electron chi connectivity index (χ0n) is 12.0. The van der Waals surface area contributed by atoms with Crippen molar-refractivity contribution in [3.63, 3.8) is 0 Å². The molecule has 2 atom stereocenters. The third-order valence-corrected chi connectivity index (χ3v) is 2.73. The lowest BCUT2D eigenvalue weighted by Crippen LogP contribution is -2.43. The lowest BCUT2D eigenvalue weighted by molar-refractivity contribution is -0.123. The number of nitrogens with one attached hydrogen (secondary N) is 2. The quantitative estimate of drug-likeness (QED) is 0.601. The highest BCUT2D eigenvalue weighted by Crippen LogP contribution is 2.02. The first-order chi connectivity index (χ1) is 8.36. The average molecular weight is 257 g/mol. The highest BCUT2D eigenvalue weighted by molar-refractivity contribution is 5.82. The lowest BCUT2D eigenvalue weighted by Gasteiger charge is -2.15. The van der Waals surface area contributed by atoms with Crippen molar-refractivity contribution in [1.29, 1.82) is 0 Å². The molecule has 0 aliphatic heterocycles. The minimum Gasteiger partial charge on any atom is -0.354 e. The van der Waals surface area contributed by atoms with Gasteiger partial charge < -0.3 is 16.4 Å². The van der Waals surface area contributed by atoms with Crippen LogP contribution in [0.5, 0.6) is 0 Å². The fourth-order valence-corrected chi connectivity index (χ4v) is 1.49. The van der Waals surface area contributed by atoms with Crippen LogP contribution >= 0.6 is 0 Å². The minimum absolute atomic E-state index is 0.0397. The van der Waals surface area contributed by atoms with E-state index in [-0.39, 0.29) is 17.9 Å². The maximum atomic E-state index is 11.6. The topological polar surface area (TPSA) is 84.2 Å². The van der Waals surface area contributed by atoms with Gasteiger partial charge in [-0.15, -0.1) is 0 Å². The monoisotopic (exact) mass is 257 g/mol. The third kappa shape index (κ3) is 8.06. The molecular weight excluding hydrogens is 230 g/mol. The molecule has 0 aliphatic carbocycles. The largest absolute Gasteiger partial charge is 0.354 e. The second kappa shape index (κ2) is 8.91. The number of hydrogen-bond acceptors (Lipinski definition) is 3. The molecule has 0 bridgehead atoms. The highest BCUT2D eigenvalue weighted by atomic mass is 16.2. The highest BCUT2D eigenvalue weighted by Gasteiger charge is 2.14. The van der Waals surface area contributed by atoms with Crippen LogP contribution in [-0.4, -0.2) is 30.4 Å². The molecule has 2 unspecified atom stereocenters. The Hall–Kier alpha value is -1.10. The smallest absolute Gasteiger partial charge is 0.236 e.